The molecule has 0 heterocycles. The fraction of sp³-hybridized carbons (Fsp3) is 0.933. The van der Waals surface area contributed by atoms with E-state index in [0.29, 0.717) is 23.7 Å². The van der Waals surface area contributed by atoms with Crippen LogP contribution in [-0.2, 0) is 9.22 Å². The molecule has 2 rings (SSSR count). The maximum Gasteiger partial charge on any atom is 0.192 e. The lowest BCUT2D eigenvalue weighted by Crippen LogP contribution is -2.45. The topological polar surface area (TPSA) is 26.3 Å². The second-order valence-electron chi connectivity index (χ2n) is 7.68. The van der Waals surface area contributed by atoms with Crippen LogP contribution in [0.1, 0.15) is 52.9 Å². The predicted octanol–water partition coefficient (Wildman–Crippen LogP) is 4.16. The molecule has 0 aromatic heterocycles. The minimum atomic E-state index is -1.64. The van der Waals surface area contributed by atoms with E-state index in [1.807, 2.05) is 0 Å². The van der Waals surface area contributed by atoms with Crippen molar-refractivity contribution in [3.05, 3.63) is 0 Å². The number of ketones is 1. The Kier molecular flexibility index (Phi) is 3.76. The summed E-state index contributed by atoms with van der Waals surface area (Å²) >= 11 is 0. The largest absolute Gasteiger partial charge is 0.414 e. The maximum absolute atomic E-state index is 11.7. The Morgan fingerprint density at radius 3 is 2.44 bits per heavy atom. The van der Waals surface area contributed by atoms with Crippen molar-refractivity contribution in [3.8, 4) is 0 Å². The van der Waals surface area contributed by atoms with Gasteiger partial charge in [0.2, 0.25) is 0 Å². The van der Waals surface area contributed by atoms with Crippen LogP contribution in [-0.4, -0.2) is 20.2 Å². The zero-order valence-corrected chi connectivity index (χ0v) is 13.6. The number of carbonyl (C=O) groups is 1. The van der Waals surface area contributed by atoms with Gasteiger partial charge < -0.3 is 4.43 Å². The first-order valence-corrected chi connectivity index (χ1v) is 10.3. The molecule has 3 heteroatoms. The molecule has 0 saturated heterocycles. The SMILES string of the molecule is CC(C)(C)[Si](C)(C)OC1CCC2C(=O)CCC2C1. The van der Waals surface area contributed by atoms with E-state index < -0.39 is 8.32 Å². The second-order valence-corrected chi connectivity index (χ2v) is 12.4. The van der Waals surface area contributed by atoms with Crippen molar-refractivity contribution in [2.75, 3.05) is 0 Å². The van der Waals surface area contributed by atoms with E-state index in [-0.39, 0.29) is 5.04 Å². The second kappa shape index (κ2) is 4.75. The summed E-state index contributed by atoms with van der Waals surface area (Å²) in [6.45, 7) is 11.6. The molecule has 0 aromatic carbocycles. The monoisotopic (exact) mass is 268 g/mol. The highest BCUT2D eigenvalue weighted by atomic mass is 28.4. The summed E-state index contributed by atoms with van der Waals surface area (Å²) in [7, 11) is -1.64. The van der Waals surface area contributed by atoms with Crippen LogP contribution >= 0.6 is 0 Å². The van der Waals surface area contributed by atoms with Crippen LogP contribution in [0.15, 0.2) is 0 Å². The summed E-state index contributed by atoms with van der Waals surface area (Å²) in [4.78, 5) is 11.7. The Morgan fingerprint density at radius 1 is 1.17 bits per heavy atom. The van der Waals surface area contributed by atoms with Crippen LogP contribution in [0.25, 0.3) is 0 Å². The van der Waals surface area contributed by atoms with Crippen molar-refractivity contribution in [1.82, 2.24) is 0 Å². The van der Waals surface area contributed by atoms with Gasteiger partial charge in [0.15, 0.2) is 8.32 Å². The van der Waals surface area contributed by atoms with Crippen molar-refractivity contribution >= 4 is 14.1 Å². The van der Waals surface area contributed by atoms with Gasteiger partial charge in [0.25, 0.3) is 0 Å². The van der Waals surface area contributed by atoms with E-state index in [0.717, 1.165) is 32.1 Å². The summed E-state index contributed by atoms with van der Waals surface area (Å²) in [5.74, 6) is 1.52. The van der Waals surface area contributed by atoms with E-state index in [9.17, 15) is 4.79 Å². The van der Waals surface area contributed by atoms with Crippen molar-refractivity contribution in [2.24, 2.45) is 11.8 Å². The van der Waals surface area contributed by atoms with Gasteiger partial charge in [-0.25, -0.2) is 0 Å². The van der Waals surface area contributed by atoms with Gasteiger partial charge in [-0.15, -0.1) is 0 Å². The van der Waals surface area contributed by atoms with Crippen LogP contribution in [0.2, 0.25) is 18.1 Å². The third-order valence-corrected chi connectivity index (χ3v) is 9.91. The molecule has 2 fully saturated rings. The normalized spacial score (nSPS) is 33.6. The molecular formula is C15H28O2Si. The molecule has 0 bridgehead atoms. The summed E-state index contributed by atoms with van der Waals surface area (Å²) in [5.41, 5.74) is 0. The van der Waals surface area contributed by atoms with Gasteiger partial charge in [0.05, 0.1) is 0 Å². The summed E-state index contributed by atoms with van der Waals surface area (Å²) in [5, 5.41) is 0.287. The molecule has 0 amide bonds. The van der Waals surface area contributed by atoms with E-state index in [1.165, 1.54) is 0 Å². The average molecular weight is 268 g/mol. The quantitative estimate of drug-likeness (QED) is 0.703. The van der Waals surface area contributed by atoms with Crippen LogP contribution in [0.4, 0.5) is 0 Å². The highest BCUT2D eigenvalue weighted by molar-refractivity contribution is 6.74. The van der Waals surface area contributed by atoms with Gasteiger partial charge in [-0.3, -0.25) is 4.79 Å². The lowest BCUT2D eigenvalue weighted by molar-refractivity contribution is -0.122. The summed E-state index contributed by atoms with van der Waals surface area (Å²) in [6.07, 6.45) is 5.65. The van der Waals surface area contributed by atoms with E-state index in [1.54, 1.807) is 0 Å². The maximum atomic E-state index is 11.7. The number of hydrogen-bond acceptors (Lipinski definition) is 2. The highest BCUT2D eigenvalue weighted by Gasteiger charge is 2.44. The van der Waals surface area contributed by atoms with Gasteiger partial charge >= 0.3 is 0 Å². The lowest BCUT2D eigenvalue weighted by atomic mass is 9.80. The molecule has 3 atom stereocenters. The zero-order valence-electron chi connectivity index (χ0n) is 12.6. The molecule has 104 valence electrons. The molecule has 3 unspecified atom stereocenters. The minimum absolute atomic E-state index is 0.287. The van der Waals surface area contributed by atoms with Crippen LogP contribution in [0, 0.1) is 11.8 Å². The molecule has 2 aliphatic rings. The smallest absolute Gasteiger partial charge is 0.192 e. The Balaban J connectivity index is 1.95. The highest BCUT2D eigenvalue weighted by Crippen LogP contribution is 2.44. The molecule has 18 heavy (non-hydrogen) atoms. The number of fused-ring (bicyclic) bond motifs is 1. The first-order chi connectivity index (χ1) is 8.21. The summed E-state index contributed by atoms with van der Waals surface area (Å²) in [6, 6.07) is 0. The predicted molar refractivity (Wildman–Crippen MR) is 77.1 cm³/mol. The molecule has 0 N–H and O–H groups in total. The molecule has 2 aliphatic carbocycles. The van der Waals surface area contributed by atoms with Gasteiger partial charge in [0, 0.05) is 18.4 Å². The fourth-order valence-electron chi connectivity index (χ4n) is 3.18. The lowest BCUT2D eigenvalue weighted by Gasteiger charge is -2.42. The summed E-state index contributed by atoms with van der Waals surface area (Å²) < 4.78 is 6.51. The first kappa shape index (κ1) is 14.3. The zero-order chi connectivity index (χ0) is 13.6. The third kappa shape index (κ3) is 2.72. The third-order valence-electron chi connectivity index (χ3n) is 5.38. The van der Waals surface area contributed by atoms with Crippen molar-refractivity contribution in [3.63, 3.8) is 0 Å². The van der Waals surface area contributed by atoms with Crippen molar-refractivity contribution < 1.29 is 9.22 Å². The Bertz CT molecular complexity index is 330. The van der Waals surface area contributed by atoms with Gasteiger partial charge in [-0.2, -0.15) is 0 Å². The average Bonchev–Trinajstić information content (AvgIpc) is 2.58. The van der Waals surface area contributed by atoms with Crippen LogP contribution < -0.4 is 0 Å². The van der Waals surface area contributed by atoms with E-state index >= 15 is 0 Å². The molecule has 0 radical (unpaired) electrons. The molecule has 2 nitrogen and oxygen atoms in total. The Labute approximate surface area is 113 Å². The Morgan fingerprint density at radius 2 is 1.83 bits per heavy atom. The first-order valence-electron chi connectivity index (χ1n) is 7.41. The number of hydrogen-bond donors (Lipinski definition) is 0. The molecule has 0 aromatic rings. The number of carbonyl (C=O) groups excluding carboxylic acids is 1. The van der Waals surface area contributed by atoms with Gasteiger partial charge in [-0.05, 0) is 49.7 Å². The Hall–Kier alpha value is -0.153. The van der Waals surface area contributed by atoms with Gasteiger partial charge in [-0.1, -0.05) is 20.8 Å². The van der Waals surface area contributed by atoms with Gasteiger partial charge in [0.1, 0.15) is 5.78 Å². The standard InChI is InChI=1S/C15H28O2Si/c1-15(2,3)18(4,5)17-12-7-8-13-11(10-12)6-9-14(13)16/h11-13H,6-10H2,1-5H3. The molecule has 0 spiro atoms. The molecule has 0 aliphatic heterocycles. The number of Topliss-reactive ketones (excluding diaryl/α,β-unsaturated/α-hetero) is 1. The van der Waals surface area contributed by atoms with Crippen molar-refractivity contribution in [2.45, 2.75) is 77.1 Å². The van der Waals surface area contributed by atoms with E-state index in [4.69, 9.17) is 4.43 Å². The van der Waals surface area contributed by atoms with Crippen molar-refractivity contribution in [1.29, 1.82) is 0 Å². The number of rotatable bonds is 2. The molecular weight excluding hydrogens is 240 g/mol. The van der Waals surface area contributed by atoms with Crippen LogP contribution in [0.5, 0.6) is 0 Å². The van der Waals surface area contributed by atoms with E-state index in [2.05, 4.69) is 33.9 Å². The van der Waals surface area contributed by atoms with Crippen LogP contribution in [0.3, 0.4) is 0 Å². The molecule has 2 saturated carbocycles. The fourth-order valence-corrected chi connectivity index (χ4v) is 4.58. The minimum Gasteiger partial charge on any atom is -0.414 e.